The van der Waals surface area contributed by atoms with Crippen molar-refractivity contribution in [1.29, 1.82) is 0 Å². The molecule has 0 amide bonds. The Labute approximate surface area is 261 Å². The van der Waals surface area contributed by atoms with Crippen LogP contribution >= 0.6 is 15.9 Å². The van der Waals surface area contributed by atoms with Crippen LogP contribution in [0, 0.1) is 13.8 Å². The molecule has 4 aromatic rings. The van der Waals surface area contributed by atoms with Gasteiger partial charge in [0, 0.05) is 61.1 Å². The molecule has 0 bridgehead atoms. The maximum atomic E-state index is 13.3. The second-order valence-corrected chi connectivity index (χ2v) is 14.9. The maximum absolute atomic E-state index is 13.3. The normalized spacial score (nSPS) is 20.1. The Balaban J connectivity index is 1.31. The second kappa shape index (κ2) is 12.0. The van der Waals surface area contributed by atoms with Gasteiger partial charge in [-0.25, -0.2) is 22.6 Å². The summed E-state index contributed by atoms with van der Waals surface area (Å²) in [6.45, 7) is 8.57. The summed E-state index contributed by atoms with van der Waals surface area (Å²) in [5.74, 6) is 0.650. The highest BCUT2D eigenvalue weighted by Crippen LogP contribution is 2.35. The van der Waals surface area contributed by atoms with Crippen molar-refractivity contribution in [3.05, 3.63) is 52.4 Å². The Kier molecular flexibility index (Phi) is 8.49. The molecule has 2 fully saturated rings. The molecule has 3 aromatic heterocycles. The number of aryl methyl sites for hydroxylation is 1. The second-order valence-electron chi connectivity index (χ2n) is 10.9. The van der Waals surface area contributed by atoms with Gasteiger partial charge in [-0.2, -0.15) is 4.31 Å². The van der Waals surface area contributed by atoms with Gasteiger partial charge >= 0.3 is 0 Å². The van der Waals surface area contributed by atoms with E-state index in [1.165, 1.54) is 4.31 Å². The molecule has 0 spiro atoms. The number of fused-ring (bicyclic) bond motifs is 1. The first-order chi connectivity index (χ1) is 20.5. The minimum absolute atomic E-state index is 0.0886. The number of hydrogen-bond donors (Lipinski definition) is 3. The number of benzene rings is 1. The number of aromatic nitrogens is 4. The summed E-state index contributed by atoms with van der Waals surface area (Å²) in [4.78, 5) is 15.1. The van der Waals surface area contributed by atoms with Crippen molar-refractivity contribution in [3.8, 4) is 17.1 Å². The molecule has 0 saturated carbocycles. The van der Waals surface area contributed by atoms with Crippen molar-refractivity contribution in [2.75, 3.05) is 44.7 Å². The van der Waals surface area contributed by atoms with E-state index in [0.717, 1.165) is 51.3 Å². The number of likely N-dealkylation sites (tertiary alicyclic amines) is 1. The molecule has 1 aromatic carbocycles. The van der Waals surface area contributed by atoms with Gasteiger partial charge in [0.25, 0.3) is 0 Å². The number of anilines is 1. The minimum Gasteiger partial charge on any atom is -0.379 e. The Morgan fingerprint density at radius 2 is 1.98 bits per heavy atom. The predicted octanol–water partition coefficient (Wildman–Crippen LogP) is 3.87. The Morgan fingerprint density at radius 3 is 2.72 bits per heavy atom. The number of pyridine rings is 1. The summed E-state index contributed by atoms with van der Waals surface area (Å²) in [5, 5.41) is 3.16. The highest BCUT2D eigenvalue weighted by Gasteiger charge is 2.30. The van der Waals surface area contributed by atoms with E-state index >= 15 is 0 Å². The van der Waals surface area contributed by atoms with E-state index in [-0.39, 0.29) is 10.9 Å². The average molecular weight is 693 g/mol. The lowest BCUT2D eigenvalue weighted by atomic mass is 10.2. The number of hydrogen-bond acceptors (Lipinski definition) is 8. The van der Waals surface area contributed by atoms with E-state index < -0.39 is 26.5 Å². The number of nitrogens with one attached hydrogen (secondary N) is 2. The van der Waals surface area contributed by atoms with Gasteiger partial charge in [0.05, 0.1) is 28.3 Å². The third-order valence-corrected chi connectivity index (χ3v) is 11.6. The number of nitrogens with zero attached hydrogens (tertiary/aromatic N) is 5. The molecule has 2 saturated heterocycles. The molecule has 3 N–H and O–H groups in total. The van der Waals surface area contributed by atoms with Gasteiger partial charge < -0.3 is 24.2 Å². The molecule has 3 atom stereocenters. The number of H-pyrrole nitrogens is 1. The number of ether oxygens (including phenoxy) is 1. The van der Waals surface area contributed by atoms with Crippen molar-refractivity contribution in [3.63, 3.8) is 0 Å². The van der Waals surface area contributed by atoms with Gasteiger partial charge in [0.1, 0.15) is 16.7 Å². The molecule has 6 rings (SSSR count). The molecule has 2 aliphatic rings. The lowest BCUT2D eigenvalue weighted by Gasteiger charge is -2.26. The van der Waals surface area contributed by atoms with E-state index in [9.17, 15) is 17.2 Å². The number of halogens is 1. The highest BCUT2D eigenvalue weighted by atomic mass is 79.9. The maximum Gasteiger partial charge on any atom is 0.243 e. The van der Waals surface area contributed by atoms with Gasteiger partial charge in [-0.3, -0.25) is 4.90 Å². The average Bonchev–Trinajstić information content (AvgIpc) is 3.72. The molecule has 230 valence electrons. The molecule has 12 nitrogen and oxygen atoms in total. The third kappa shape index (κ3) is 5.79. The topological polar surface area (TPSA) is 146 Å². The molecule has 1 unspecified atom stereocenters. The molecule has 43 heavy (non-hydrogen) atoms. The zero-order chi connectivity index (χ0) is 30.5. The fourth-order valence-electron chi connectivity index (χ4n) is 5.89. The smallest absolute Gasteiger partial charge is 0.243 e. The summed E-state index contributed by atoms with van der Waals surface area (Å²) in [7, 11) is -3.64. The van der Waals surface area contributed by atoms with Crippen molar-refractivity contribution < 1.29 is 21.9 Å². The first kappa shape index (κ1) is 30.4. The lowest BCUT2D eigenvalue weighted by molar-refractivity contribution is 0.0730. The quantitative estimate of drug-likeness (QED) is 0.235. The van der Waals surface area contributed by atoms with Crippen molar-refractivity contribution >= 4 is 53.9 Å². The molecule has 5 heterocycles. The predicted molar refractivity (Wildman–Crippen MR) is 169 cm³/mol. The first-order valence-electron chi connectivity index (χ1n) is 14.1. The van der Waals surface area contributed by atoms with Crippen molar-refractivity contribution in [2.45, 2.75) is 43.5 Å². The first-order valence-corrected chi connectivity index (χ1v) is 17.5. The van der Waals surface area contributed by atoms with Gasteiger partial charge in [-0.05, 0) is 67.4 Å². The summed E-state index contributed by atoms with van der Waals surface area (Å²) in [6, 6.07) is 9.14. The lowest BCUT2D eigenvalue weighted by Crippen LogP contribution is -2.40. The molecule has 2 aliphatic heterocycles. The van der Waals surface area contributed by atoms with Gasteiger partial charge in [0.2, 0.25) is 10.0 Å². The zero-order valence-corrected chi connectivity index (χ0v) is 27.3. The van der Waals surface area contributed by atoms with Crippen LogP contribution in [-0.4, -0.2) is 96.7 Å². The number of imidazole rings is 1. The summed E-state index contributed by atoms with van der Waals surface area (Å²) in [5.41, 5.74) is 5.62. The minimum atomic E-state index is -3.64. The zero-order valence-electron chi connectivity index (χ0n) is 24.1. The van der Waals surface area contributed by atoms with Crippen LogP contribution in [0.15, 0.2) is 45.9 Å². The Morgan fingerprint density at radius 1 is 1.21 bits per heavy atom. The summed E-state index contributed by atoms with van der Waals surface area (Å²) in [6.07, 6.45) is 2.55. The van der Waals surface area contributed by atoms with E-state index in [4.69, 9.17) is 9.72 Å². The largest absolute Gasteiger partial charge is 0.379 e. The van der Waals surface area contributed by atoms with Gasteiger partial charge in [0.15, 0.2) is 16.7 Å². The number of morpholine rings is 1. The monoisotopic (exact) mass is 691 g/mol. The van der Waals surface area contributed by atoms with Crippen LogP contribution in [0.3, 0.4) is 0 Å². The third-order valence-electron chi connectivity index (χ3n) is 8.22. The van der Waals surface area contributed by atoms with Crippen LogP contribution in [-0.2, 0) is 25.8 Å². The fourth-order valence-corrected chi connectivity index (χ4v) is 8.20. The van der Waals surface area contributed by atoms with E-state index in [1.54, 1.807) is 31.3 Å². The highest BCUT2D eigenvalue weighted by molar-refractivity contribution is 9.10. The van der Waals surface area contributed by atoms with E-state index in [0.29, 0.717) is 44.3 Å². The van der Waals surface area contributed by atoms with Gasteiger partial charge in [-0.1, -0.05) is 6.07 Å². The van der Waals surface area contributed by atoms with Crippen LogP contribution in [0.25, 0.3) is 28.2 Å². The Bertz CT molecular complexity index is 1800. The van der Waals surface area contributed by atoms with Crippen LogP contribution < -0.4 is 5.32 Å². The molecule has 0 radical (unpaired) electrons. The fraction of sp³-hybridized carbons (Fsp3) is 0.429. The number of aromatic amines is 1. The molecule has 15 heteroatoms. The van der Waals surface area contributed by atoms with Crippen LogP contribution in [0.2, 0.25) is 0 Å². The van der Waals surface area contributed by atoms with Crippen molar-refractivity contribution in [2.24, 2.45) is 0 Å². The van der Waals surface area contributed by atoms with E-state index in [1.807, 2.05) is 35.4 Å². The SMILES string of the molecule is Cc1cc(-c2nc3ncc(Br)c(N[C@H]4CCN([C@H](C)S(=O)O)C4)c3[nH]2)c(C)n1-c1cccc(S(=O)(=O)N2CCOCC2)c1. The molecule has 0 aliphatic carbocycles. The van der Waals surface area contributed by atoms with Crippen LogP contribution in [0.4, 0.5) is 5.69 Å². The molecular weight excluding hydrogens is 658 g/mol. The summed E-state index contributed by atoms with van der Waals surface area (Å²) >= 11 is 1.73. The Hall–Kier alpha value is -2.66. The summed E-state index contributed by atoms with van der Waals surface area (Å²) < 4.78 is 57.4. The number of sulfonamides is 1. The van der Waals surface area contributed by atoms with E-state index in [2.05, 4.69) is 31.2 Å². The van der Waals surface area contributed by atoms with Crippen LogP contribution in [0.5, 0.6) is 0 Å². The standard InChI is InChI=1S/C28H34BrN7O5S2/c1-17-13-23(18(2)36(17)21-5-4-6-22(14-21)43(39,40)35-9-11-41-12-10-35)27-32-26-25(24(29)15-30-28(26)33-27)31-20-7-8-34(16-20)19(3)42(37)38/h4-6,13-15,19-20H,7-12,16H2,1-3H3,(H,37,38)(H2,30,31,32,33)/t19-,20-/m0/s1. The number of rotatable bonds is 8. The van der Waals surface area contributed by atoms with Crippen molar-refractivity contribution in [1.82, 2.24) is 28.7 Å². The van der Waals surface area contributed by atoms with Crippen LogP contribution in [0.1, 0.15) is 24.7 Å². The van der Waals surface area contributed by atoms with Gasteiger partial charge in [-0.15, -0.1) is 0 Å². The molecular formula is C28H34BrN7O5S2.